The van der Waals surface area contributed by atoms with Crippen LogP contribution in [-0.4, -0.2) is 12.3 Å². The highest BCUT2D eigenvalue weighted by Crippen LogP contribution is 2.13. The Balaban J connectivity index is 2.57. The van der Waals surface area contributed by atoms with Crippen LogP contribution in [0.5, 0.6) is 0 Å². The molecule has 0 unspecified atom stereocenters. The van der Waals surface area contributed by atoms with Gasteiger partial charge in [-0.25, -0.2) is 0 Å². The van der Waals surface area contributed by atoms with Crippen LogP contribution in [0.3, 0.4) is 0 Å². The fourth-order valence-corrected chi connectivity index (χ4v) is 2.07. The largest absolute Gasteiger partial charge is 0.320 e. The quantitative estimate of drug-likeness (QED) is 0.622. The maximum absolute atomic E-state index is 5.33. The molecule has 0 aliphatic rings. The Kier molecular flexibility index (Phi) is 5.99. The first-order valence-electron chi connectivity index (χ1n) is 5.22. The van der Waals surface area contributed by atoms with E-state index in [0.29, 0.717) is 6.54 Å². The molecule has 0 aliphatic carbocycles. The summed E-state index contributed by atoms with van der Waals surface area (Å²) in [7, 11) is 0. The van der Waals surface area contributed by atoms with E-state index >= 15 is 0 Å². The van der Waals surface area contributed by atoms with E-state index in [1.165, 1.54) is 17.7 Å². The van der Waals surface area contributed by atoms with Gasteiger partial charge in [0.15, 0.2) is 0 Å². The SMILES string of the molecule is CCCSCc1cccc(C#CCN)c1. The molecule has 1 aromatic rings. The van der Waals surface area contributed by atoms with Crippen LogP contribution in [0, 0.1) is 11.8 Å². The second kappa shape index (κ2) is 7.39. The summed E-state index contributed by atoms with van der Waals surface area (Å²) in [5.41, 5.74) is 7.74. The van der Waals surface area contributed by atoms with E-state index < -0.39 is 0 Å². The number of nitrogens with two attached hydrogens (primary N) is 1. The summed E-state index contributed by atoms with van der Waals surface area (Å²) >= 11 is 1.97. The maximum atomic E-state index is 5.33. The van der Waals surface area contributed by atoms with Crippen LogP contribution in [0.4, 0.5) is 0 Å². The van der Waals surface area contributed by atoms with Gasteiger partial charge in [-0.05, 0) is 29.9 Å². The minimum Gasteiger partial charge on any atom is -0.320 e. The van der Waals surface area contributed by atoms with Crippen LogP contribution < -0.4 is 5.73 Å². The maximum Gasteiger partial charge on any atom is 0.0555 e. The molecule has 0 aliphatic heterocycles. The summed E-state index contributed by atoms with van der Waals surface area (Å²) < 4.78 is 0. The Morgan fingerprint density at radius 1 is 1.40 bits per heavy atom. The molecule has 0 bridgehead atoms. The van der Waals surface area contributed by atoms with Crippen molar-refractivity contribution in [1.82, 2.24) is 0 Å². The zero-order valence-corrected chi connectivity index (χ0v) is 9.94. The first-order chi connectivity index (χ1) is 7.36. The lowest BCUT2D eigenvalue weighted by Crippen LogP contribution is -1.93. The summed E-state index contributed by atoms with van der Waals surface area (Å²) in [5, 5.41) is 0. The highest BCUT2D eigenvalue weighted by atomic mass is 32.2. The Bertz CT molecular complexity index is 349. The molecule has 1 nitrogen and oxygen atoms in total. The topological polar surface area (TPSA) is 26.0 Å². The van der Waals surface area contributed by atoms with Gasteiger partial charge in [-0.15, -0.1) is 0 Å². The van der Waals surface area contributed by atoms with Crippen molar-refractivity contribution in [2.75, 3.05) is 12.3 Å². The molecule has 0 saturated heterocycles. The lowest BCUT2D eigenvalue weighted by atomic mass is 10.1. The van der Waals surface area contributed by atoms with Gasteiger partial charge in [-0.3, -0.25) is 0 Å². The van der Waals surface area contributed by atoms with Crippen LogP contribution in [0.2, 0.25) is 0 Å². The number of benzene rings is 1. The highest BCUT2D eigenvalue weighted by Gasteiger charge is 1.94. The Hall–Kier alpha value is -0.910. The molecule has 0 spiro atoms. The van der Waals surface area contributed by atoms with Crippen molar-refractivity contribution in [2.45, 2.75) is 19.1 Å². The van der Waals surface area contributed by atoms with Gasteiger partial charge in [-0.1, -0.05) is 30.9 Å². The minimum atomic E-state index is 0.425. The van der Waals surface area contributed by atoms with Gasteiger partial charge in [0.25, 0.3) is 0 Å². The standard InChI is InChI=1S/C13H17NS/c1-2-9-15-11-13-6-3-5-12(10-13)7-4-8-14/h3,5-6,10H,2,8-9,11,14H2,1H3. The van der Waals surface area contributed by atoms with Crippen LogP contribution in [-0.2, 0) is 5.75 Å². The second-order valence-corrected chi connectivity index (χ2v) is 4.36. The van der Waals surface area contributed by atoms with E-state index in [9.17, 15) is 0 Å². The molecule has 0 atom stereocenters. The highest BCUT2D eigenvalue weighted by molar-refractivity contribution is 7.98. The predicted molar refractivity (Wildman–Crippen MR) is 68.8 cm³/mol. The Morgan fingerprint density at radius 2 is 2.27 bits per heavy atom. The van der Waals surface area contributed by atoms with Gasteiger partial charge in [0.1, 0.15) is 0 Å². The average molecular weight is 219 g/mol. The summed E-state index contributed by atoms with van der Waals surface area (Å²) in [4.78, 5) is 0. The molecule has 0 radical (unpaired) electrons. The normalized spacial score (nSPS) is 9.47. The molecule has 15 heavy (non-hydrogen) atoms. The van der Waals surface area contributed by atoms with Gasteiger partial charge >= 0.3 is 0 Å². The summed E-state index contributed by atoms with van der Waals surface area (Å²) in [6.07, 6.45) is 1.23. The van der Waals surface area contributed by atoms with Crippen LogP contribution in [0.1, 0.15) is 24.5 Å². The molecule has 0 fully saturated rings. The lowest BCUT2D eigenvalue weighted by Gasteiger charge is -2.00. The minimum absolute atomic E-state index is 0.425. The first-order valence-corrected chi connectivity index (χ1v) is 6.38. The molecule has 80 valence electrons. The van der Waals surface area contributed by atoms with Gasteiger partial charge in [0.05, 0.1) is 6.54 Å². The predicted octanol–water partition coefficient (Wildman–Crippen LogP) is 2.64. The van der Waals surface area contributed by atoms with Crippen molar-refractivity contribution in [2.24, 2.45) is 5.73 Å². The molecule has 2 N–H and O–H groups in total. The monoisotopic (exact) mass is 219 g/mol. The van der Waals surface area contributed by atoms with E-state index in [0.717, 1.165) is 11.3 Å². The number of thioether (sulfide) groups is 1. The third-order valence-electron chi connectivity index (χ3n) is 1.88. The van der Waals surface area contributed by atoms with E-state index in [1.807, 2.05) is 17.8 Å². The second-order valence-electron chi connectivity index (χ2n) is 3.26. The number of hydrogen-bond acceptors (Lipinski definition) is 2. The third kappa shape index (κ3) is 4.92. The zero-order valence-electron chi connectivity index (χ0n) is 9.12. The Labute approximate surface area is 96.4 Å². The molecular formula is C13H17NS. The Morgan fingerprint density at radius 3 is 3.00 bits per heavy atom. The fraction of sp³-hybridized carbons (Fsp3) is 0.385. The van der Waals surface area contributed by atoms with E-state index in [-0.39, 0.29) is 0 Å². The van der Waals surface area contributed by atoms with Gasteiger partial charge < -0.3 is 5.73 Å². The van der Waals surface area contributed by atoms with Crippen LogP contribution in [0.15, 0.2) is 24.3 Å². The summed E-state index contributed by atoms with van der Waals surface area (Å²) in [5.74, 6) is 8.22. The summed E-state index contributed by atoms with van der Waals surface area (Å²) in [6.45, 7) is 2.63. The molecule has 1 rings (SSSR count). The number of rotatable bonds is 4. The van der Waals surface area contributed by atoms with Gasteiger partial charge in [0, 0.05) is 11.3 Å². The molecule has 0 aromatic heterocycles. The molecule has 0 heterocycles. The molecule has 0 amide bonds. The number of hydrogen-bond donors (Lipinski definition) is 1. The van der Waals surface area contributed by atoms with E-state index in [4.69, 9.17) is 5.73 Å². The van der Waals surface area contributed by atoms with Crippen LogP contribution in [0.25, 0.3) is 0 Å². The van der Waals surface area contributed by atoms with Crippen LogP contribution >= 0.6 is 11.8 Å². The molecular weight excluding hydrogens is 202 g/mol. The third-order valence-corrected chi connectivity index (χ3v) is 3.11. The van der Waals surface area contributed by atoms with Crippen molar-refractivity contribution in [3.05, 3.63) is 35.4 Å². The van der Waals surface area contributed by atoms with Gasteiger partial charge in [-0.2, -0.15) is 11.8 Å². The van der Waals surface area contributed by atoms with Crippen molar-refractivity contribution < 1.29 is 0 Å². The average Bonchev–Trinajstić information content (AvgIpc) is 2.27. The van der Waals surface area contributed by atoms with E-state index in [2.05, 4.69) is 37.0 Å². The summed E-state index contributed by atoms with van der Waals surface area (Å²) in [6, 6.07) is 8.38. The van der Waals surface area contributed by atoms with Crippen molar-refractivity contribution in [3.63, 3.8) is 0 Å². The molecule has 2 heteroatoms. The fourth-order valence-electron chi connectivity index (χ4n) is 1.23. The van der Waals surface area contributed by atoms with E-state index in [1.54, 1.807) is 0 Å². The lowest BCUT2D eigenvalue weighted by molar-refractivity contribution is 1.10. The zero-order chi connectivity index (χ0) is 10.9. The van der Waals surface area contributed by atoms with Crippen molar-refractivity contribution >= 4 is 11.8 Å². The van der Waals surface area contributed by atoms with Crippen molar-refractivity contribution in [3.8, 4) is 11.8 Å². The molecule has 1 aromatic carbocycles. The first kappa shape index (κ1) is 12.2. The van der Waals surface area contributed by atoms with Gasteiger partial charge in [0.2, 0.25) is 0 Å². The van der Waals surface area contributed by atoms with Crippen molar-refractivity contribution in [1.29, 1.82) is 0 Å². The smallest absolute Gasteiger partial charge is 0.0555 e. The molecule has 0 saturated carbocycles.